The third kappa shape index (κ3) is 5.03. The lowest BCUT2D eigenvalue weighted by molar-refractivity contribution is -0.900. The molecule has 8 heteroatoms. The number of quaternary nitrogens is 1. The SMILES string of the molecule is O=S(=O)([O-])CCCC[NH+]1CCN(c2ncccn2)CC1. The van der Waals surface area contributed by atoms with Gasteiger partial charge in [-0.25, -0.2) is 18.4 Å². The summed E-state index contributed by atoms with van der Waals surface area (Å²) in [5, 5.41) is 0. The zero-order chi connectivity index (χ0) is 14.4. The van der Waals surface area contributed by atoms with Gasteiger partial charge in [-0.2, -0.15) is 0 Å². The Kier molecular flexibility index (Phi) is 5.27. The summed E-state index contributed by atoms with van der Waals surface area (Å²) < 4.78 is 31.5. The molecular weight excluding hydrogens is 280 g/mol. The minimum Gasteiger partial charge on any atom is -0.748 e. The van der Waals surface area contributed by atoms with Gasteiger partial charge in [0.2, 0.25) is 5.95 Å². The van der Waals surface area contributed by atoms with Crippen LogP contribution in [0.15, 0.2) is 18.5 Å². The standard InChI is InChI=1S/C12H20N4O3S/c17-20(18,19)11-2-1-6-15-7-9-16(10-8-15)12-13-4-3-5-14-12/h3-5H,1-2,6-11H2,(H,17,18,19). The third-order valence-electron chi connectivity index (χ3n) is 3.48. The Labute approximate surface area is 119 Å². The minimum atomic E-state index is -4.06. The highest BCUT2D eigenvalue weighted by atomic mass is 32.2. The van der Waals surface area contributed by atoms with Gasteiger partial charge in [0.25, 0.3) is 0 Å². The van der Waals surface area contributed by atoms with Crippen LogP contribution >= 0.6 is 0 Å². The van der Waals surface area contributed by atoms with Crippen molar-refractivity contribution in [3.05, 3.63) is 18.5 Å². The molecule has 20 heavy (non-hydrogen) atoms. The summed E-state index contributed by atoms with van der Waals surface area (Å²) in [4.78, 5) is 12.1. The molecule has 0 saturated carbocycles. The van der Waals surface area contributed by atoms with Gasteiger partial charge in [-0.3, -0.25) is 0 Å². The molecule has 0 amide bonds. The van der Waals surface area contributed by atoms with E-state index in [0.29, 0.717) is 6.42 Å². The number of rotatable bonds is 6. The zero-order valence-corrected chi connectivity index (χ0v) is 12.2. The Morgan fingerprint density at radius 1 is 1.20 bits per heavy atom. The molecule has 112 valence electrons. The number of unbranched alkanes of at least 4 members (excludes halogenated alkanes) is 1. The Morgan fingerprint density at radius 2 is 1.85 bits per heavy atom. The molecule has 1 aliphatic heterocycles. The Bertz CT molecular complexity index is 501. The molecule has 0 bridgehead atoms. The van der Waals surface area contributed by atoms with E-state index in [9.17, 15) is 13.0 Å². The van der Waals surface area contributed by atoms with Crippen LogP contribution in [0, 0.1) is 0 Å². The summed E-state index contributed by atoms with van der Waals surface area (Å²) in [7, 11) is -4.06. The van der Waals surface area contributed by atoms with E-state index in [0.717, 1.165) is 45.1 Å². The summed E-state index contributed by atoms with van der Waals surface area (Å²) in [6.07, 6.45) is 4.72. The second-order valence-corrected chi connectivity index (χ2v) is 6.53. The van der Waals surface area contributed by atoms with E-state index in [1.165, 1.54) is 4.90 Å². The molecule has 1 aromatic heterocycles. The van der Waals surface area contributed by atoms with Crippen LogP contribution in [0.25, 0.3) is 0 Å². The van der Waals surface area contributed by atoms with Crippen LogP contribution < -0.4 is 9.80 Å². The second kappa shape index (κ2) is 6.96. The van der Waals surface area contributed by atoms with Crippen LogP contribution in [0.2, 0.25) is 0 Å². The monoisotopic (exact) mass is 300 g/mol. The first-order chi connectivity index (χ1) is 9.54. The van der Waals surface area contributed by atoms with Gasteiger partial charge in [0.15, 0.2) is 0 Å². The normalized spacial score (nSPS) is 17.4. The number of nitrogens with zero attached hydrogens (tertiary/aromatic N) is 3. The van der Waals surface area contributed by atoms with Crippen molar-refractivity contribution in [3.8, 4) is 0 Å². The average Bonchev–Trinajstić information content (AvgIpc) is 2.44. The van der Waals surface area contributed by atoms with Gasteiger partial charge < -0.3 is 14.4 Å². The number of piperazine rings is 1. The molecule has 1 aliphatic rings. The van der Waals surface area contributed by atoms with E-state index in [1.54, 1.807) is 18.5 Å². The van der Waals surface area contributed by atoms with Crippen molar-refractivity contribution in [2.45, 2.75) is 12.8 Å². The van der Waals surface area contributed by atoms with Gasteiger partial charge in [-0.05, 0) is 18.9 Å². The lowest BCUT2D eigenvalue weighted by atomic mass is 10.2. The molecular formula is C12H20N4O3S. The highest BCUT2D eigenvalue weighted by Gasteiger charge is 2.20. The van der Waals surface area contributed by atoms with Crippen LogP contribution in [-0.2, 0) is 10.1 Å². The lowest BCUT2D eigenvalue weighted by Crippen LogP contribution is -3.14. The molecule has 1 fully saturated rings. The molecule has 0 unspecified atom stereocenters. The van der Waals surface area contributed by atoms with Crippen molar-refractivity contribution in [1.82, 2.24) is 9.97 Å². The molecule has 0 aromatic carbocycles. The number of nitrogens with one attached hydrogen (secondary N) is 1. The maximum Gasteiger partial charge on any atom is 0.225 e. The Balaban J connectivity index is 1.67. The lowest BCUT2D eigenvalue weighted by Gasteiger charge is -2.32. The maximum absolute atomic E-state index is 10.5. The van der Waals surface area contributed by atoms with Crippen LogP contribution in [0.5, 0.6) is 0 Å². The van der Waals surface area contributed by atoms with E-state index in [2.05, 4.69) is 14.9 Å². The fraction of sp³-hybridized carbons (Fsp3) is 0.667. The average molecular weight is 300 g/mol. The highest BCUT2D eigenvalue weighted by molar-refractivity contribution is 7.85. The van der Waals surface area contributed by atoms with Crippen molar-refractivity contribution in [3.63, 3.8) is 0 Å². The topological polar surface area (TPSA) is 90.7 Å². The highest BCUT2D eigenvalue weighted by Crippen LogP contribution is 2.04. The van der Waals surface area contributed by atoms with Crippen molar-refractivity contribution >= 4 is 16.1 Å². The van der Waals surface area contributed by atoms with Crippen molar-refractivity contribution in [2.75, 3.05) is 43.4 Å². The van der Waals surface area contributed by atoms with Crippen molar-refractivity contribution in [1.29, 1.82) is 0 Å². The number of hydrogen-bond donors (Lipinski definition) is 1. The van der Waals surface area contributed by atoms with E-state index in [1.807, 2.05) is 0 Å². The minimum absolute atomic E-state index is 0.246. The molecule has 1 aromatic rings. The summed E-state index contributed by atoms with van der Waals surface area (Å²) in [5.41, 5.74) is 0. The fourth-order valence-corrected chi connectivity index (χ4v) is 2.94. The predicted molar refractivity (Wildman–Crippen MR) is 73.6 cm³/mol. The second-order valence-electron chi connectivity index (χ2n) is 5.00. The Hall–Kier alpha value is -1.25. The fourth-order valence-electron chi connectivity index (χ4n) is 2.38. The first-order valence-corrected chi connectivity index (χ1v) is 8.41. The van der Waals surface area contributed by atoms with Gasteiger partial charge in [-0.1, -0.05) is 0 Å². The van der Waals surface area contributed by atoms with Crippen molar-refractivity contribution < 1.29 is 17.9 Å². The molecule has 7 nitrogen and oxygen atoms in total. The molecule has 0 atom stereocenters. The summed E-state index contributed by atoms with van der Waals surface area (Å²) in [6.45, 7) is 4.70. The van der Waals surface area contributed by atoms with Gasteiger partial charge in [-0.15, -0.1) is 0 Å². The van der Waals surface area contributed by atoms with Crippen LogP contribution in [0.1, 0.15) is 12.8 Å². The molecule has 2 rings (SSSR count). The molecule has 2 heterocycles. The zero-order valence-electron chi connectivity index (χ0n) is 11.4. The first-order valence-electron chi connectivity index (χ1n) is 6.84. The van der Waals surface area contributed by atoms with E-state index < -0.39 is 10.1 Å². The number of hydrogen-bond acceptors (Lipinski definition) is 6. The molecule has 0 spiro atoms. The number of anilines is 1. The Morgan fingerprint density at radius 3 is 2.45 bits per heavy atom. The predicted octanol–water partition coefficient (Wildman–Crippen LogP) is -1.49. The van der Waals surface area contributed by atoms with E-state index in [-0.39, 0.29) is 5.75 Å². The quantitative estimate of drug-likeness (QED) is 0.508. The first kappa shape index (κ1) is 15.1. The largest absolute Gasteiger partial charge is 0.748 e. The summed E-state index contributed by atoms with van der Waals surface area (Å²) in [6, 6.07) is 1.80. The smallest absolute Gasteiger partial charge is 0.225 e. The van der Waals surface area contributed by atoms with E-state index >= 15 is 0 Å². The van der Waals surface area contributed by atoms with Gasteiger partial charge >= 0.3 is 0 Å². The van der Waals surface area contributed by atoms with Crippen LogP contribution in [-0.4, -0.2) is 61.4 Å². The van der Waals surface area contributed by atoms with Crippen LogP contribution in [0.4, 0.5) is 5.95 Å². The maximum atomic E-state index is 10.5. The third-order valence-corrected chi connectivity index (χ3v) is 4.27. The molecule has 1 saturated heterocycles. The summed E-state index contributed by atoms with van der Waals surface area (Å²) in [5.74, 6) is 0.522. The molecule has 1 N–H and O–H groups in total. The molecule has 0 aliphatic carbocycles. The van der Waals surface area contributed by atoms with Crippen molar-refractivity contribution in [2.24, 2.45) is 0 Å². The van der Waals surface area contributed by atoms with Gasteiger partial charge in [0.05, 0.1) is 42.8 Å². The van der Waals surface area contributed by atoms with E-state index in [4.69, 9.17) is 0 Å². The number of aromatic nitrogens is 2. The van der Waals surface area contributed by atoms with Gasteiger partial charge in [0, 0.05) is 18.1 Å². The van der Waals surface area contributed by atoms with Crippen LogP contribution in [0.3, 0.4) is 0 Å². The van der Waals surface area contributed by atoms with Gasteiger partial charge in [0.1, 0.15) is 0 Å². The summed E-state index contributed by atoms with van der Waals surface area (Å²) >= 11 is 0. The molecule has 0 radical (unpaired) electrons.